The number of carbonyl (C=O) groups is 1. The summed E-state index contributed by atoms with van der Waals surface area (Å²) in [6.07, 6.45) is 2.85. The topological polar surface area (TPSA) is 72.5 Å². The Hall–Kier alpha value is -2.60. The Kier molecular flexibility index (Phi) is 4.52. The van der Waals surface area contributed by atoms with E-state index >= 15 is 0 Å². The zero-order valence-electron chi connectivity index (χ0n) is 15.9. The normalized spacial score (nSPS) is 25.2. The van der Waals surface area contributed by atoms with Gasteiger partial charge in [0.15, 0.2) is 0 Å². The van der Waals surface area contributed by atoms with Gasteiger partial charge in [-0.15, -0.1) is 0 Å². The van der Waals surface area contributed by atoms with E-state index < -0.39 is 0 Å². The number of amides is 2. The molecule has 0 radical (unpaired) electrons. The maximum atomic E-state index is 12.4. The smallest absolute Gasteiger partial charge is 0.319 e. The SMILES string of the molecule is Cc1ccc(Oc2ccc(NC(=O)N[C@@H]3[C@@H]4CCO[C@H]4C3(C)C)cn2)cc1. The average Bonchev–Trinajstić information content (AvgIpc) is 3.11. The van der Waals surface area contributed by atoms with Crippen LogP contribution in [0.3, 0.4) is 0 Å². The van der Waals surface area contributed by atoms with Gasteiger partial charge in [-0.25, -0.2) is 9.78 Å². The van der Waals surface area contributed by atoms with Crippen LogP contribution in [0.15, 0.2) is 42.6 Å². The van der Waals surface area contributed by atoms with Crippen molar-refractivity contribution in [1.82, 2.24) is 10.3 Å². The van der Waals surface area contributed by atoms with Gasteiger partial charge in [-0.3, -0.25) is 0 Å². The summed E-state index contributed by atoms with van der Waals surface area (Å²) in [5.41, 5.74) is 1.76. The predicted molar refractivity (Wildman–Crippen MR) is 103 cm³/mol. The lowest BCUT2D eigenvalue weighted by Gasteiger charge is -2.54. The van der Waals surface area contributed by atoms with E-state index in [1.807, 2.05) is 31.2 Å². The van der Waals surface area contributed by atoms with Gasteiger partial charge < -0.3 is 20.1 Å². The van der Waals surface area contributed by atoms with Crippen LogP contribution < -0.4 is 15.4 Å². The number of urea groups is 1. The van der Waals surface area contributed by atoms with Gasteiger partial charge in [-0.1, -0.05) is 31.5 Å². The molecule has 1 saturated carbocycles. The van der Waals surface area contributed by atoms with Gasteiger partial charge in [0.05, 0.1) is 18.0 Å². The fourth-order valence-electron chi connectivity index (χ4n) is 4.17. The number of pyridine rings is 1. The molecule has 142 valence electrons. The first-order valence-electron chi connectivity index (χ1n) is 9.33. The minimum atomic E-state index is -0.215. The van der Waals surface area contributed by atoms with Crippen molar-refractivity contribution >= 4 is 11.7 Å². The van der Waals surface area contributed by atoms with Gasteiger partial charge in [0.2, 0.25) is 5.88 Å². The Morgan fingerprint density at radius 3 is 2.70 bits per heavy atom. The molecule has 2 N–H and O–H groups in total. The third-order valence-electron chi connectivity index (χ3n) is 5.62. The van der Waals surface area contributed by atoms with Gasteiger partial charge in [0, 0.05) is 30.0 Å². The molecule has 0 bridgehead atoms. The number of nitrogens with one attached hydrogen (secondary N) is 2. The van der Waals surface area contributed by atoms with Crippen LogP contribution in [0.2, 0.25) is 0 Å². The Labute approximate surface area is 159 Å². The summed E-state index contributed by atoms with van der Waals surface area (Å²) >= 11 is 0. The van der Waals surface area contributed by atoms with E-state index in [1.54, 1.807) is 18.3 Å². The van der Waals surface area contributed by atoms with Crippen molar-refractivity contribution in [2.75, 3.05) is 11.9 Å². The van der Waals surface area contributed by atoms with Gasteiger partial charge in [-0.05, 0) is 31.5 Å². The molecular formula is C21H25N3O3. The first-order chi connectivity index (χ1) is 12.9. The highest BCUT2D eigenvalue weighted by Crippen LogP contribution is 2.52. The van der Waals surface area contributed by atoms with Crippen LogP contribution in [0.5, 0.6) is 11.6 Å². The second kappa shape index (κ2) is 6.85. The zero-order chi connectivity index (χ0) is 19.0. The molecule has 3 atom stereocenters. The zero-order valence-corrected chi connectivity index (χ0v) is 15.9. The minimum Gasteiger partial charge on any atom is -0.439 e. The molecular weight excluding hydrogens is 342 g/mol. The molecule has 2 aliphatic rings. The van der Waals surface area contributed by atoms with Gasteiger partial charge in [0.1, 0.15) is 5.75 Å². The molecule has 2 fully saturated rings. The highest BCUT2D eigenvalue weighted by atomic mass is 16.5. The van der Waals surface area contributed by atoms with E-state index in [0.29, 0.717) is 17.5 Å². The first-order valence-corrected chi connectivity index (χ1v) is 9.33. The molecule has 2 aromatic rings. The molecule has 27 heavy (non-hydrogen) atoms. The molecule has 1 aromatic heterocycles. The third-order valence-corrected chi connectivity index (χ3v) is 5.62. The summed E-state index contributed by atoms with van der Waals surface area (Å²) in [5, 5.41) is 5.95. The van der Waals surface area contributed by atoms with E-state index in [0.717, 1.165) is 18.8 Å². The van der Waals surface area contributed by atoms with Crippen molar-refractivity contribution in [3.63, 3.8) is 0 Å². The van der Waals surface area contributed by atoms with Crippen LogP contribution in [0, 0.1) is 18.3 Å². The fraction of sp³-hybridized carbons (Fsp3) is 0.429. The third kappa shape index (κ3) is 3.49. The van der Waals surface area contributed by atoms with Crippen LogP contribution in [0.1, 0.15) is 25.8 Å². The Morgan fingerprint density at radius 1 is 1.22 bits per heavy atom. The fourth-order valence-corrected chi connectivity index (χ4v) is 4.17. The molecule has 2 heterocycles. The number of ether oxygens (including phenoxy) is 2. The number of benzene rings is 1. The molecule has 2 amide bonds. The lowest BCUT2D eigenvalue weighted by Crippen LogP contribution is -2.67. The molecule has 0 spiro atoms. The molecule has 6 nitrogen and oxygen atoms in total. The minimum absolute atomic E-state index is 0.0392. The van der Waals surface area contributed by atoms with Crippen LogP contribution in [0.25, 0.3) is 0 Å². The molecule has 1 aliphatic carbocycles. The van der Waals surface area contributed by atoms with Gasteiger partial charge in [-0.2, -0.15) is 0 Å². The van der Waals surface area contributed by atoms with Crippen molar-refractivity contribution in [3.8, 4) is 11.6 Å². The summed E-state index contributed by atoms with van der Waals surface area (Å²) in [5.74, 6) is 1.62. The second-order valence-electron chi connectivity index (χ2n) is 7.94. The van der Waals surface area contributed by atoms with Crippen LogP contribution in [0.4, 0.5) is 10.5 Å². The monoisotopic (exact) mass is 367 g/mol. The summed E-state index contributed by atoms with van der Waals surface area (Å²) in [6.45, 7) is 7.09. The summed E-state index contributed by atoms with van der Waals surface area (Å²) < 4.78 is 11.5. The number of carbonyl (C=O) groups excluding carboxylic acids is 1. The van der Waals surface area contributed by atoms with E-state index in [4.69, 9.17) is 9.47 Å². The maximum absolute atomic E-state index is 12.4. The first kappa shape index (κ1) is 17.8. The number of nitrogens with zero attached hydrogens (tertiary/aromatic N) is 1. The number of rotatable bonds is 4. The number of aryl methyl sites for hydroxylation is 1. The van der Waals surface area contributed by atoms with Crippen molar-refractivity contribution < 1.29 is 14.3 Å². The lowest BCUT2D eigenvalue weighted by atomic mass is 9.57. The number of aromatic nitrogens is 1. The van der Waals surface area contributed by atoms with Crippen LogP contribution >= 0.6 is 0 Å². The molecule has 6 heteroatoms. The lowest BCUT2D eigenvalue weighted by molar-refractivity contribution is -0.107. The highest BCUT2D eigenvalue weighted by Gasteiger charge is 2.59. The maximum Gasteiger partial charge on any atom is 0.319 e. The van der Waals surface area contributed by atoms with Crippen LogP contribution in [-0.2, 0) is 4.74 Å². The van der Waals surface area contributed by atoms with E-state index in [9.17, 15) is 4.79 Å². The van der Waals surface area contributed by atoms with E-state index in [-0.39, 0.29) is 23.6 Å². The molecule has 1 aromatic carbocycles. The quantitative estimate of drug-likeness (QED) is 0.853. The van der Waals surface area contributed by atoms with Crippen molar-refractivity contribution in [2.24, 2.45) is 11.3 Å². The van der Waals surface area contributed by atoms with Gasteiger partial charge in [0.25, 0.3) is 0 Å². The van der Waals surface area contributed by atoms with Crippen molar-refractivity contribution in [1.29, 1.82) is 0 Å². The molecule has 1 aliphatic heterocycles. The number of fused-ring (bicyclic) bond motifs is 1. The molecule has 4 rings (SSSR count). The number of hydrogen-bond acceptors (Lipinski definition) is 4. The predicted octanol–water partition coefficient (Wildman–Crippen LogP) is 4.12. The Bertz CT molecular complexity index is 818. The van der Waals surface area contributed by atoms with Crippen LogP contribution in [-0.4, -0.2) is 29.8 Å². The van der Waals surface area contributed by atoms with E-state index in [1.165, 1.54) is 5.56 Å². The average molecular weight is 367 g/mol. The van der Waals surface area contributed by atoms with Crippen molar-refractivity contribution in [2.45, 2.75) is 39.3 Å². The molecule has 0 unspecified atom stereocenters. The number of hydrogen-bond donors (Lipinski definition) is 2. The highest BCUT2D eigenvalue weighted by molar-refractivity contribution is 5.89. The van der Waals surface area contributed by atoms with Gasteiger partial charge >= 0.3 is 6.03 Å². The number of anilines is 1. The molecule has 1 saturated heterocycles. The standard InChI is InChI=1S/C21H25N3O3/c1-13-4-7-15(8-5-13)27-17-9-6-14(12-22-17)23-20(25)24-18-16-10-11-26-19(16)21(18,2)3/h4-9,12,16,18-19H,10-11H2,1-3H3,(H2,23,24,25)/t16-,18+,19+/m0/s1. The summed E-state index contributed by atoms with van der Waals surface area (Å²) in [7, 11) is 0. The van der Waals surface area contributed by atoms with E-state index in [2.05, 4.69) is 29.5 Å². The second-order valence-corrected chi connectivity index (χ2v) is 7.94. The Balaban J connectivity index is 1.33. The summed E-state index contributed by atoms with van der Waals surface area (Å²) in [4.78, 5) is 16.6. The van der Waals surface area contributed by atoms with Crippen molar-refractivity contribution in [3.05, 3.63) is 48.2 Å². The summed E-state index contributed by atoms with van der Waals surface area (Å²) in [6, 6.07) is 11.2. The largest absolute Gasteiger partial charge is 0.439 e. The Morgan fingerprint density at radius 2 is 2.00 bits per heavy atom.